The molecule has 3 atom stereocenters. The van der Waals surface area contributed by atoms with Crippen molar-refractivity contribution in [1.82, 2.24) is 10.6 Å². The lowest BCUT2D eigenvalue weighted by Gasteiger charge is -2.31. The predicted molar refractivity (Wildman–Crippen MR) is 86.4 cm³/mol. The SMILES string of the molecule is COc1cccc(C(C#N)NC(=O)C2CCCCC2NC(=O)O)c1. The molecule has 0 bridgehead atoms. The molecule has 1 aliphatic rings. The van der Waals surface area contributed by atoms with Crippen LogP contribution in [0.4, 0.5) is 4.79 Å². The van der Waals surface area contributed by atoms with Crippen LogP contribution in [0.2, 0.25) is 0 Å². The van der Waals surface area contributed by atoms with E-state index < -0.39 is 24.1 Å². The fourth-order valence-corrected chi connectivity index (χ4v) is 3.04. The molecule has 0 aromatic heterocycles. The molecule has 128 valence electrons. The molecule has 0 heterocycles. The van der Waals surface area contributed by atoms with Gasteiger partial charge in [-0.25, -0.2) is 4.79 Å². The van der Waals surface area contributed by atoms with Crippen molar-refractivity contribution in [2.75, 3.05) is 7.11 Å². The van der Waals surface area contributed by atoms with E-state index in [1.165, 1.54) is 7.11 Å². The molecule has 0 spiro atoms. The summed E-state index contributed by atoms with van der Waals surface area (Å²) in [5.41, 5.74) is 0.628. The average molecular weight is 331 g/mol. The summed E-state index contributed by atoms with van der Waals surface area (Å²) in [6.07, 6.45) is 1.84. The second-order valence-corrected chi connectivity index (χ2v) is 5.79. The fraction of sp³-hybridized carbons (Fsp3) is 0.471. The number of hydrogen-bond donors (Lipinski definition) is 3. The molecule has 2 rings (SSSR count). The monoisotopic (exact) mass is 331 g/mol. The van der Waals surface area contributed by atoms with Crippen LogP contribution in [0.1, 0.15) is 37.3 Å². The van der Waals surface area contributed by atoms with Crippen molar-refractivity contribution in [3.05, 3.63) is 29.8 Å². The molecule has 0 radical (unpaired) electrons. The van der Waals surface area contributed by atoms with E-state index in [-0.39, 0.29) is 5.91 Å². The molecule has 1 aromatic carbocycles. The molecule has 3 unspecified atom stereocenters. The zero-order chi connectivity index (χ0) is 17.5. The number of hydrogen-bond acceptors (Lipinski definition) is 4. The second kappa shape index (κ2) is 8.20. The minimum Gasteiger partial charge on any atom is -0.497 e. The molecule has 3 N–H and O–H groups in total. The highest BCUT2D eigenvalue weighted by atomic mass is 16.5. The standard InChI is InChI=1S/C17H21N3O4/c1-24-12-6-4-5-11(9-12)15(10-18)19-16(21)13-7-2-3-8-14(13)20-17(22)23/h4-6,9,13-15,20H,2-3,7-8H2,1H3,(H,19,21)(H,22,23). The number of nitrogens with zero attached hydrogens (tertiary/aromatic N) is 1. The van der Waals surface area contributed by atoms with E-state index in [0.717, 1.165) is 12.8 Å². The summed E-state index contributed by atoms with van der Waals surface area (Å²) in [6.45, 7) is 0. The lowest BCUT2D eigenvalue weighted by Crippen LogP contribution is -2.48. The van der Waals surface area contributed by atoms with Crippen molar-refractivity contribution in [3.8, 4) is 11.8 Å². The summed E-state index contributed by atoms with van der Waals surface area (Å²) in [6, 6.07) is 7.79. The summed E-state index contributed by atoms with van der Waals surface area (Å²) in [5, 5.41) is 23.4. The number of nitrogens with one attached hydrogen (secondary N) is 2. The number of nitriles is 1. The van der Waals surface area contributed by atoms with E-state index in [4.69, 9.17) is 9.84 Å². The first-order valence-electron chi connectivity index (χ1n) is 7.88. The highest BCUT2D eigenvalue weighted by Crippen LogP contribution is 2.26. The zero-order valence-corrected chi connectivity index (χ0v) is 13.5. The Labute approximate surface area is 140 Å². The molecule has 2 amide bonds. The predicted octanol–water partition coefficient (Wildman–Crippen LogP) is 2.20. The van der Waals surface area contributed by atoms with Gasteiger partial charge in [0.15, 0.2) is 0 Å². The first-order chi connectivity index (χ1) is 11.5. The zero-order valence-electron chi connectivity index (χ0n) is 13.5. The summed E-state index contributed by atoms with van der Waals surface area (Å²) in [5.74, 6) is -0.163. The van der Waals surface area contributed by atoms with Crippen molar-refractivity contribution < 1.29 is 19.4 Å². The van der Waals surface area contributed by atoms with Gasteiger partial charge in [0.1, 0.15) is 11.8 Å². The largest absolute Gasteiger partial charge is 0.497 e. The third kappa shape index (κ3) is 4.38. The molecule has 1 fully saturated rings. The van der Waals surface area contributed by atoms with Crippen LogP contribution >= 0.6 is 0 Å². The molecule has 1 aromatic rings. The number of ether oxygens (including phenoxy) is 1. The Balaban J connectivity index is 2.10. The summed E-state index contributed by atoms with van der Waals surface area (Å²) in [7, 11) is 1.53. The third-order valence-electron chi connectivity index (χ3n) is 4.25. The topological polar surface area (TPSA) is 111 Å². The molecule has 7 nitrogen and oxygen atoms in total. The quantitative estimate of drug-likeness (QED) is 0.766. The van der Waals surface area contributed by atoms with Crippen molar-refractivity contribution in [2.45, 2.75) is 37.8 Å². The van der Waals surface area contributed by atoms with Gasteiger partial charge >= 0.3 is 6.09 Å². The Morgan fingerprint density at radius 3 is 2.79 bits per heavy atom. The maximum atomic E-state index is 12.6. The van der Waals surface area contributed by atoms with Gasteiger partial charge < -0.3 is 20.5 Å². The molecule has 1 aliphatic carbocycles. The number of carbonyl (C=O) groups is 2. The van der Waals surface area contributed by atoms with Gasteiger partial charge in [0, 0.05) is 6.04 Å². The Kier molecular flexibility index (Phi) is 6.01. The summed E-state index contributed by atoms with van der Waals surface area (Å²) < 4.78 is 5.13. The van der Waals surface area contributed by atoms with Crippen LogP contribution in [-0.2, 0) is 4.79 Å². The number of amides is 2. The van der Waals surface area contributed by atoms with Gasteiger partial charge in [0.25, 0.3) is 0 Å². The Morgan fingerprint density at radius 2 is 2.12 bits per heavy atom. The number of methoxy groups -OCH3 is 1. The maximum absolute atomic E-state index is 12.6. The van der Waals surface area contributed by atoms with Gasteiger partial charge in [-0.2, -0.15) is 5.26 Å². The Morgan fingerprint density at radius 1 is 1.38 bits per heavy atom. The van der Waals surface area contributed by atoms with Crippen LogP contribution in [0.5, 0.6) is 5.75 Å². The number of carbonyl (C=O) groups excluding carboxylic acids is 1. The molecular formula is C17H21N3O4. The van der Waals surface area contributed by atoms with E-state index in [9.17, 15) is 14.9 Å². The first kappa shape index (κ1) is 17.6. The van der Waals surface area contributed by atoms with Gasteiger partial charge in [-0.15, -0.1) is 0 Å². The first-order valence-corrected chi connectivity index (χ1v) is 7.88. The number of rotatable bonds is 5. The Hall–Kier alpha value is -2.75. The van der Waals surface area contributed by atoms with E-state index in [0.29, 0.717) is 24.2 Å². The highest BCUT2D eigenvalue weighted by Gasteiger charge is 2.33. The molecule has 1 saturated carbocycles. The average Bonchev–Trinajstić information content (AvgIpc) is 2.59. The highest BCUT2D eigenvalue weighted by molar-refractivity contribution is 5.81. The van der Waals surface area contributed by atoms with E-state index in [1.54, 1.807) is 24.3 Å². The van der Waals surface area contributed by atoms with Gasteiger partial charge in [-0.1, -0.05) is 25.0 Å². The van der Waals surface area contributed by atoms with E-state index >= 15 is 0 Å². The third-order valence-corrected chi connectivity index (χ3v) is 4.25. The molecule has 0 saturated heterocycles. The Bertz CT molecular complexity index is 641. The van der Waals surface area contributed by atoms with Crippen molar-refractivity contribution in [2.24, 2.45) is 5.92 Å². The summed E-state index contributed by atoms with van der Waals surface area (Å²) in [4.78, 5) is 23.5. The van der Waals surface area contributed by atoms with E-state index in [1.807, 2.05) is 0 Å². The molecule has 0 aliphatic heterocycles. The minimum absolute atomic E-state index is 0.303. The normalized spacial score (nSPS) is 21.2. The van der Waals surface area contributed by atoms with Crippen LogP contribution < -0.4 is 15.4 Å². The smallest absolute Gasteiger partial charge is 0.404 e. The van der Waals surface area contributed by atoms with Crippen LogP contribution in [-0.4, -0.2) is 30.3 Å². The molecular weight excluding hydrogens is 310 g/mol. The van der Waals surface area contributed by atoms with E-state index in [2.05, 4.69) is 16.7 Å². The summed E-state index contributed by atoms with van der Waals surface area (Å²) >= 11 is 0. The van der Waals surface area contributed by atoms with Gasteiger partial charge in [0.2, 0.25) is 5.91 Å². The van der Waals surface area contributed by atoms with Gasteiger partial charge in [-0.05, 0) is 30.5 Å². The fourth-order valence-electron chi connectivity index (χ4n) is 3.04. The number of benzene rings is 1. The number of carboxylic acid groups (broad SMARTS) is 1. The van der Waals surface area contributed by atoms with Gasteiger partial charge in [-0.3, -0.25) is 4.79 Å². The minimum atomic E-state index is -1.13. The van der Waals surface area contributed by atoms with Crippen LogP contribution in [0.3, 0.4) is 0 Å². The molecule has 24 heavy (non-hydrogen) atoms. The van der Waals surface area contributed by atoms with Crippen LogP contribution in [0, 0.1) is 17.2 Å². The second-order valence-electron chi connectivity index (χ2n) is 5.79. The van der Waals surface area contributed by atoms with Gasteiger partial charge in [0.05, 0.1) is 19.1 Å². The van der Waals surface area contributed by atoms with Crippen molar-refractivity contribution >= 4 is 12.0 Å². The van der Waals surface area contributed by atoms with Crippen LogP contribution in [0.15, 0.2) is 24.3 Å². The van der Waals surface area contributed by atoms with Crippen molar-refractivity contribution in [1.29, 1.82) is 5.26 Å². The maximum Gasteiger partial charge on any atom is 0.404 e. The lowest BCUT2D eigenvalue weighted by atomic mass is 9.83. The lowest BCUT2D eigenvalue weighted by molar-refractivity contribution is -0.127. The molecule has 7 heteroatoms. The van der Waals surface area contributed by atoms with Crippen molar-refractivity contribution in [3.63, 3.8) is 0 Å². The van der Waals surface area contributed by atoms with Crippen LogP contribution in [0.25, 0.3) is 0 Å².